The van der Waals surface area contributed by atoms with E-state index in [-0.39, 0.29) is 5.60 Å². The van der Waals surface area contributed by atoms with Crippen molar-refractivity contribution in [2.45, 2.75) is 45.4 Å². The van der Waals surface area contributed by atoms with E-state index in [0.717, 1.165) is 32.6 Å². The van der Waals surface area contributed by atoms with Crippen LogP contribution < -0.4 is 5.32 Å². The van der Waals surface area contributed by atoms with E-state index in [1.165, 1.54) is 11.1 Å². The molecule has 2 aromatic carbocycles. The number of carbonyl (C=O) groups excluding carboxylic acids is 1. The Morgan fingerprint density at radius 2 is 1.63 bits per heavy atom. The molecule has 2 aromatic rings. The van der Waals surface area contributed by atoms with E-state index < -0.39 is 0 Å². The van der Waals surface area contributed by atoms with Crippen LogP contribution in [0.2, 0.25) is 0 Å². The van der Waals surface area contributed by atoms with Crippen LogP contribution in [-0.2, 0) is 22.5 Å². The van der Waals surface area contributed by atoms with Crippen LogP contribution >= 0.6 is 0 Å². The predicted octanol–water partition coefficient (Wildman–Crippen LogP) is 3.66. The molecular weight excluding hydrogens is 336 g/mol. The van der Waals surface area contributed by atoms with Gasteiger partial charge in [0.1, 0.15) is 5.60 Å². The van der Waals surface area contributed by atoms with Crippen molar-refractivity contribution in [3.05, 3.63) is 71.8 Å². The predicted molar refractivity (Wildman–Crippen MR) is 111 cm³/mol. The van der Waals surface area contributed by atoms with Crippen molar-refractivity contribution in [1.82, 2.24) is 10.2 Å². The molecule has 0 bridgehead atoms. The number of rotatable bonds is 5. The summed E-state index contributed by atoms with van der Waals surface area (Å²) in [5.41, 5.74) is 2.52. The molecule has 27 heavy (non-hydrogen) atoms. The fraction of sp³-hybridized carbons (Fsp3) is 0.435. The van der Waals surface area contributed by atoms with Gasteiger partial charge in [-0.25, -0.2) is 0 Å². The molecule has 0 aromatic heterocycles. The number of piperazine rings is 1. The van der Waals surface area contributed by atoms with Crippen molar-refractivity contribution in [3.8, 4) is 0 Å². The van der Waals surface area contributed by atoms with Gasteiger partial charge in [0, 0.05) is 32.2 Å². The number of hydrogen-bond acceptors (Lipinski definition) is 4. The van der Waals surface area contributed by atoms with Gasteiger partial charge in [-0.05, 0) is 38.3 Å². The molecule has 0 saturated carbocycles. The van der Waals surface area contributed by atoms with Gasteiger partial charge >= 0.3 is 0 Å². The minimum atomic E-state index is -0.318. The molecular formula is C23H32N2O2. The molecule has 1 fully saturated rings. The Hall–Kier alpha value is -2.17. The third kappa shape index (κ3) is 8.85. The first-order valence-electron chi connectivity index (χ1n) is 9.61. The zero-order chi connectivity index (χ0) is 19.5. The Morgan fingerprint density at radius 1 is 1.04 bits per heavy atom. The summed E-state index contributed by atoms with van der Waals surface area (Å²) in [6, 6.07) is 22.1. The van der Waals surface area contributed by atoms with Crippen LogP contribution in [0.4, 0.5) is 0 Å². The fourth-order valence-corrected chi connectivity index (χ4v) is 3.06. The topological polar surface area (TPSA) is 41.6 Å². The number of benzene rings is 2. The van der Waals surface area contributed by atoms with Crippen LogP contribution in [0, 0.1) is 0 Å². The molecule has 1 saturated heterocycles. The van der Waals surface area contributed by atoms with Gasteiger partial charge < -0.3 is 10.1 Å². The number of nitrogens with one attached hydrogen (secondary N) is 1. The molecule has 1 heterocycles. The Balaban J connectivity index is 0.000000321. The lowest BCUT2D eigenvalue weighted by Gasteiger charge is -2.33. The van der Waals surface area contributed by atoms with E-state index in [4.69, 9.17) is 0 Å². The highest BCUT2D eigenvalue weighted by Gasteiger charge is 2.19. The lowest BCUT2D eigenvalue weighted by molar-refractivity contribution is -0.138. The molecule has 146 valence electrons. The van der Waals surface area contributed by atoms with Gasteiger partial charge in [0.2, 0.25) is 0 Å². The summed E-state index contributed by atoms with van der Waals surface area (Å²) < 4.78 is 4.55. The molecule has 1 aliphatic rings. The van der Waals surface area contributed by atoms with E-state index in [1.54, 1.807) is 0 Å². The van der Waals surface area contributed by atoms with E-state index >= 15 is 0 Å². The van der Waals surface area contributed by atoms with Gasteiger partial charge in [-0.2, -0.15) is 0 Å². The summed E-state index contributed by atoms with van der Waals surface area (Å²) in [7, 11) is 0. The zero-order valence-corrected chi connectivity index (χ0v) is 16.7. The van der Waals surface area contributed by atoms with E-state index in [1.807, 2.05) is 20.8 Å². The lowest BCUT2D eigenvalue weighted by atomic mass is 10.0. The first kappa shape index (κ1) is 21.1. The van der Waals surface area contributed by atoms with Crippen molar-refractivity contribution in [2.24, 2.45) is 0 Å². The monoisotopic (exact) mass is 368 g/mol. The maximum Gasteiger partial charge on any atom is 0.293 e. The zero-order valence-electron chi connectivity index (χ0n) is 16.7. The maximum atomic E-state index is 9.60. The second kappa shape index (κ2) is 10.9. The van der Waals surface area contributed by atoms with Gasteiger partial charge in [-0.3, -0.25) is 9.69 Å². The van der Waals surface area contributed by atoms with Gasteiger partial charge in [-0.15, -0.1) is 0 Å². The number of nitrogens with zero attached hydrogens (tertiary/aromatic N) is 1. The lowest BCUT2D eigenvalue weighted by Crippen LogP contribution is -2.51. The Morgan fingerprint density at radius 3 is 2.15 bits per heavy atom. The Kier molecular flexibility index (Phi) is 8.49. The van der Waals surface area contributed by atoms with Crippen LogP contribution in [0.15, 0.2) is 60.7 Å². The summed E-state index contributed by atoms with van der Waals surface area (Å²) in [5.74, 6) is 0. The summed E-state index contributed by atoms with van der Waals surface area (Å²) in [6.07, 6.45) is 1.12. The van der Waals surface area contributed by atoms with Gasteiger partial charge in [0.25, 0.3) is 6.47 Å². The van der Waals surface area contributed by atoms with Crippen molar-refractivity contribution in [3.63, 3.8) is 0 Å². The van der Waals surface area contributed by atoms with Crippen LogP contribution in [-0.4, -0.2) is 42.6 Å². The largest absolute Gasteiger partial charge is 0.462 e. The van der Waals surface area contributed by atoms with Gasteiger partial charge in [0.15, 0.2) is 0 Å². The smallest absolute Gasteiger partial charge is 0.293 e. The molecule has 1 unspecified atom stereocenters. The summed E-state index contributed by atoms with van der Waals surface area (Å²) in [4.78, 5) is 12.2. The molecule has 0 spiro atoms. The summed E-state index contributed by atoms with van der Waals surface area (Å²) >= 11 is 0. The van der Waals surface area contributed by atoms with Crippen LogP contribution in [0.25, 0.3) is 0 Å². The minimum Gasteiger partial charge on any atom is -0.462 e. The minimum absolute atomic E-state index is 0.318. The molecule has 4 nitrogen and oxygen atoms in total. The van der Waals surface area contributed by atoms with Gasteiger partial charge in [-0.1, -0.05) is 60.7 Å². The number of carbonyl (C=O) groups is 1. The highest BCUT2D eigenvalue weighted by molar-refractivity contribution is 5.37. The average molecular weight is 369 g/mol. The van der Waals surface area contributed by atoms with E-state index in [2.05, 4.69) is 75.6 Å². The van der Waals surface area contributed by atoms with Crippen molar-refractivity contribution >= 4 is 6.47 Å². The maximum absolute atomic E-state index is 9.60. The number of ether oxygens (including phenoxy) is 1. The first-order valence-corrected chi connectivity index (χ1v) is 9.61. The summed E-state index contributed by atoms with van der Waals surface area (Å²) in [5, 5.41) is 3.64. The molecule has 1 N–H and O–H groups in total. The average Bonchev–Trinajstić information content (AvgIpc) is 2.63. The quantitative estimate of drug-likeness (QED) is 0.818. The van der Waals surface area contributed by atoms with Crippen LogP contribution in [0.3, 0.4) is 0 Å². The van der Waals surface area contributed by atoms with Crippen LogP contribution in [0.1, 0.15) is 31.9 Å². The fourth-order valence-electron chi connectivity index (χ4n) is 3.06. The third-order valence-corrected chi connectivity index (χ3v) is 4.32. The SMILES string of the molecule is CC(C)(C)OC=O.c1ccc(CC2CN(Cc3ccccc3)CCN2)cc1. The highest BCUT2D eigenvalue weighted by atomic mass is 16.5. The van der Waals surface area contributed by atoms with Crippen molar-refractivity contribution < 1.29 is 9.53 Å². The Bertz CT molecular complexity index is 606. The Labute approximate surface area is 163 Å². The van der Waals surface area contributed by atoms with Crippen molar-refractivity contribution in [2.75, 3.05) is 19.6 Å². The normalized spacial score (nSPS) is 17.5. The first-order chi connectivity index (χ1) is 13.0. The summed E-state index contributed by atoms with van der Waals surface area (Å²) in [6.45, 7) is 10.3. The standard InChI is InChI=1S/C18H22N2.C5H10O2/c1-3-7-16(8-4-1)13-18-15-20(12-11-19-18)14-17-9-5-2-6-10-17;1-5(2,3)7-4-6/h1-10,18-19H,11-15H2;4H,1-3H3. The number of hydrogen-bond donors (Lipinski definition) is 1. The second-order valence-corrected chi connectivity index (χ2v) is 7.89. The molecule has 3 rings (SSSR count). The molecule has 1 atom stereocenters. The molecule has 0 amide bonds. The third-order valence-electron chi connectivity index (χ3n) is 4.32. The molecule has 4 heteroatoms. The van der Waals surface area contributed by atoms with Crippen LogP contribution in [0.5, 0.6) is 0 Å². The highest BCUT2D eigenvalue weighted by Crippen LogP contribution is 2.11. The van der Waals surface area contributed by atoms with E-state index in [9.17, 15) is 4.79 Å². The van der Waals surface area contributed by atoms with Crippen molar-refractivity contribution in [1.29, 1.82) is 0 Å². The molecule has 0 aliphatic carbocycles. The second-order valence-electron chi connectivity index (χ2n) is 7.89. The molecule has 1 aliphatic heterocycles. The molecule has 0 radical (unpaired) electrons. The van der Waals surface area contributed by atoms with E-state index in [0.29, 0.717) is 12.5 Å². The van der Waals surface area contributed by atoms with Gasteiger partial charge in [0.05, 0.1) is 0 Å².